The predicted octanol–water partition coefficient (Wildman–Crippen LogP) is 4.06. The van der Waals surface area contributed by atoms with Crippen molar-refractivity contribution in [1.82, 2.24) is 9.97 Å². The van der Waals surface area contributed by atoms with E-state index in [1.54, 1.807) is 30.5 Å². The third-order valence-electron chi connectivity index (χ3n) is 3.95. The largest absolute Gasteiger partial charge is 0.465 e. The van der Waals surface area contributed by atoms with Crippen LogP contribution in [0.5, 0.6) is 0 Å². The molecule has 2 aromatic carbocycles. The van der Waals surface area contributed by atoms with Crippen LogP contribution >= 0.6 is 0 Å². The van der Waals surface area contributed by atoms with Gasteiger partial charge >= 0.3 is 5.97 Å². The number of benzene rings is 2. The van der Waals surface area contributed by atoms with Crippen molar-refractivity contribution in [1.29, 1.82) is 0 Å². The minimum atomic E-state index is -0.389. The van der Waals surface area contributed by atoms with E-state index >= 15 is 0 Å². The van der Waals surface area contributed by atoms with E-state index in [1.165, 1.54) is 7.11 Å². The third kappa shape index (κ3) is 3.57. The van der Waals surface area contributed by atoms with Crippen LogP contribution in [0.25, 0.3) is 22.4 Å². The standard InChI is InChI=1S/C20H16N4O3/c1-26-19(25)14-6-4-5-13(11-14)18-10-9-15(27-18)12-21-24-20-22-16-7-2-3-8-17(16)23-20/h2-12H,1H3,(H2,22,23,24)/b21-12-. The number of methoxy groups -OCH3 is 1. The molecule has 0 amide bonds. The minimum Gasteiger partial charge on any atom is -0.465 e. The Labute approximate surface area is 154 Å². The summed E-state index contributed by atoms with van der Waals surface area (Å²) in [6, 6.07) is 18.4. The normalized spacial score (nSPS) is 11.1. The molecule has 7 nitrogen and oxygen atoms in total. The Balaban J connectivity index is 1.47. The molecule has 134 valence electrons. The van der Waals surface area contributed by atoms with Crippen LogP contribution in [0.15, 0.2) is 70.2 Å². The van der Waals surface area contributed by atoms with Gasteiger partial charge in [0.25, 0.3) is 0 Å². The van der Waals surface area contributed by atoms with Gasteiger partial charge in [0.05, 0.1) is 29.9 Å². The van der Waals surface area contributed by atoms with Crippen molar-refractivity contribution in [3.8, 4) is 11.3 Å². The van der Waals surface area contributed by atoms with Gasteiger partial charge in [0.2, 0.25) is 5.95 Å². The molecule has 27 heavy (non-hydrogen) atoms. The number of nitrogens with zero attached hydrogens (tertiary/aromatic N) is 2. The maximum atomic E-state index is 11.7. The first-order valence-electron chi connectivity index (χ1n) is 8.25. The van der Waals surface area contributed by atoms with Crippen molar-refractivity contribution in [3.63, 3.8) is 0 Å². The van der Waals surface area contributed by atoms with Gasteiger partial charge < -0.3 is 14.1 Å². The Morgan fingerprint density at radius 3 is 2.93 bits per heavy atom. The molecule has 0 saturated carbocycles. The Morgan fingerprint density at radius 2 is 2.07 bits per heavy atom. The quantitative estimate of drug-likeness (QED) is 0.318. The van der Waals surface area contributed by atoms with Gasteiger partial charge in [-0.2, -0.15) is 5.10 Å². The number of ether oxygens (including phenoxy) is 1. The number of rotatable bonds is 5. The van der Waals surface area contributed by atoms with Crippen molar-refractivity contribution in [3.05, 3.63) is 72.0 Å². The monoisotopic (exact) mass is 360 g/mol. The molecule has 0 unspecified atom stereocenters. The molecule has 7 heteroatoms. The van der Waals surface area contributed by atoms with Crippen LogP contribution in [0, 0.1) is 0 Å². The van der Waals surface area contributed by atoms with E-state index in [9.17, 15) is 4.79 Å². The first kappa shape index (κ1) is 16.6. The predicted molar refractivity (Wildman–Crippen MR) is 103 cm³/mol. The Bertz CT molecular complexity index is 1090. The molecule has 4 aromatic rings. The number of fused-ring (bicyclic) bond motifs is 1. The number of carbonyl (C=O) groups excluding carboxylic acids is 1. The van der Waals surface area contributed by atoms with Gasteiger partial charge in [-0.15, -0.1) is 0 Å². The highest BCUT2D eigenvalue weighted by Gasteiger charge is 2.09. The van der Waals surface area contributed by atoms with Crippen molar-refractivity contribution in [2.24, 2.45) is 5.10 Å². The summed E-state index contributed by atoms with van der Waals surface area (Å²) in [6.45, 7) is 0. The number of nitrogens with one attached hydrogen (secondary N) is 2. The highest BCUT2D eigenvalue weighted by Crippen LogP contribution is 2.23. The summed E-state index contributed by atoms with van der Waals surface area (Å²) >= 11 is 0. The van der Waals surface area contributed by atoms with Crippen molar-refractivity contribution < 1.29 is 13.9 Å². The average Bonchev–Trinajstić information content (AvgIpc) is 3.34. The fourth-order valence-corrected chi connectivity index (χ4v) is 2.66. The average molecular weight is 360 g/mol. The van der Waals surface area contributed by atoms with E-state index in [0.717, 1.165) is 16.6 Å². The van der Waals surface area contributed by atoms with Gasteiger partial charge in [-0.05, 0) is 36.4 Å². The summed E-state index contributed by atoms with van der Waals surface area (Å²) in [4.78, 5) is 19.2. The number of aromatic amines is 1. The zero-order chi connectivity index (χ0) is 18.6. The molecular weight excluding hydrogens is 344 g/mol. The van der Waals surface area contributed by atoms with Crippen LogP contribution in [0.1, 0.15) is 16.1 Å². The molecule has 2 N–H and O–H groups in total. The molecule has 4 rings (SSSR count). The van der Waals surface area contributed by atoms with Gasteiger partial charge in [-0.25, -0.2) is 15.2 Å². The number of aromatic nitrogens is 2. The lowest BCUT2D eigenvalue weighted by atomic mass is 10.1. The molecule has 0 aliphatic carbocycles. The molecule has 0 aliphatic heterocycles. The Morgan fingerprint density at radius 1 is 1.19 bits per heavy atom. The number of hydrazone groups is 1. The fraction of sp³-hybridized carbons (Fsp3) is 0.0500. The summed E-state index contributed by atoms with van der Waals surface area (Å²) < 4.78 is 10.5. The van der Waals surface area contributed by atoms with Crippen LogP contribution in [-0.4, -0.2) is 29.3 Å². The molecule has 2 aromatic heterocycles. The Hall–Kier alpha value is -3.87. The third-order valence-corrected chi connectivity index (χ3v) is 3.95. The lowest BCUT2D eigenvalue weighted by Gasteiger charge is -2.01. The Kier molecular flexibility index (Phi) is 4.40. The van der Waals surface area contributed by atoms with Crippen molar-refractivity contribution in [2.45, 2.75) is 0 Å². The summed E-state index contributed by atoms with van der Waals surface area (Å²) in [7, 11) is 1.35. The molecule has 0 fully saturated rings. The second kappa shape index (κ2) is 7.17. The zero-order valence-electron chi connectivity index (χ0n) is 14.5. The van der Waals surface area contributed by atoms with Crippen LogP contribution in [0.3, 0.4) is 0 Å². The first-order valence-corrected chi connectivity index (χ1v) is 8.25. The van der Waals surface area contributed by atoms with E-state index in [0.29, 0.717) is 23.0 Å². The zero-order valence-corrected chi connectivity index (χ0v) is 14.5. The highest BCUT2D eigenvalue weighted by molar-refractivity contribution is 5.90. The maximum Gasteiger partial charge on any atom is 0.337 e. The van der Waals surface area contributed by atoms with Gasteiger partial charge in [0.15, 0.2) is 0 Å². The van der Waals surface area contributed by atoms with E-state index in [2.05, 4.69) is 20.5 Å². The van der Waals surface area contributed by atoms with Gasteiger partial charge in [0.1, 0.15) is 11.5 Å². The van der Waals surface area contributed by atoms with E-state index in [1.807, 2.05) is 36.4 Å². The topological polar surface area (TPSA) is 92.5 Å². The van der Waals surface area contributed by atoms with E-state index < -0.39 is 0 Å². The fourth-order valence-electron chi connectivity index (χ4n) is 2.66. The summed E-state index contributed by atoms with van der Waals surface area (Å²) in [5.74, 6) is 1.35. The molecule has 0 saturated heterocycles. The second-order valence-electron chi connectivity index (χ2n) is 5.75. The van der Waals surface area contributed by atoms with E-state index in [4.69, 9.17) is 9.15 Å². The van der Waals surface area contributed by atoms with Crippen LogP contribution < -0.4 is 5.43 Å². The number of esters is 1. The number of hydrogen-bond donors (Lipinski definition) is 2. The smallest absolute Gasteiger partial charge is 0.337 e. The number of carbonyl (C=O) groups is 1. The lowest BCUT2D eigenvalue weighted by molar-refractivity contribution is 0.0601. The number of H-pyrrole nitrogens is 1. The van der Waals surface area contributed by atoms with Crippen LogP contribution in [0.4, 0.5) is 5.95 Å². The summed E-state index contributed by atoms with van der Waals surface area (Å²) in [6.07, 6.45) is 1.56. The lowest BCUT2D eigenvalue weighted by Crippen LogP contribution is -2.00. The van der Waals surface area contributed by atoms with Gasteiger partial charge in [-0.3, -0.25) is 0 Å². The van der Waals surface area contributed by atoms with Gasteiger partial charge in [0, 0.05) is 5.56 Å². The van der Waals surface area contributed by atoms with E-state index in [-0.39, 0.29) is 5.97 Å². The molecule has 0 spiro atoms. The highest BCUT2D eigenvalue weighted by atomic mass is 16.5. The molecule has 0 radical (unpaired) electrons. The number of furan rings is 1. The number of anilines is 1. The summed E-state index contributed by atoms with van der Waals surface area (Å²) in [5, 5.41) is 4.14. The molecule has 0 bridgehead atoms. The molecule has 2 heterocycles. The molecular formula is C20H16N4O3. The molecule has 0 aliphatic rings. The number of imidazole rings is 1. The van der Waals surface area contributed by atoms with Crippen molar-refractivity contribution in [2.75, 3.05) is 12.5 Å². The van der Waals surface area contributed by atoms with Gasteiger partial charge in [-0.1, -0.05) is 24.3 Å². The first-order chi connectivity index (χ1) is 13.2. The maximum absolute atomic E-state index is 11.7. The SMILES string of the molecule is COC(=O)c1cccc(-c2ccc(/C=N\Nc3nc4ccccc4[nH]3)o2)c1. The molecule has 0 atom stereocenters. The minimum absolute atomic E-state index is 0.389. The number of hydrogen-bond acceptors (Lipinski definition) is 6. The van der Waals surface area contributed by atoms with Crippen LogP contribution in [-0.2, 0) is 4.74 Å². The second-order valence-corrected chi connectivity index (χ2v) is 5.75. The van der Waals surface area contributed by atoms with Crippen LogP contribution in [0.2, 0.25) is 0 Å². The number of para-hydroxylation sites is 2. The summed E-state index contributed by atoms with van der Waals surface area (Å²) in [5.41, 5.74) is 5.88. The van der Waals surface area contributed by atoms with Crippen molar-refractivity contribution >= 4 is 29.2 Å².